The molecule has 1 aliphatic heterocycles. The van der Waals surface area contributed by atoms with E-state index in [1.54, 1.807) is 11.3 Å². The summed E-state index contributed by atoms with van der Waals surface area (Å²) in [6.07, 6.45) is 1.22. The number of likely N-dealkylation sites (tertiary alicyclic amines) is 1. The molecule has 15 heavy (non-hydrogen) atoms. The summed E-state index contributed by atoms with van der Waals surface area (Å²) >= 11 is 1.75. The second-order valence-electron chi connectivity index (χ2n) is 4.53. The van der Waals surface area contributed by atoms with E-state index in [0.717, 1.165) is 13.1 Å². The first-order valence-corrected chi connectivity index (χ1v) is 6.41. The summed E-state index contributed by atoms with van der Waals surface area (Å²) in [5.74, 6) is 0.670. The number of aromatic nitrogens is 1. The molecule has 84 valence electrons. The van der Waals surface area contributed by atoms with E-state index in [1.165, 1.54) is 23.5 Å². The van der Waals surface area contributed by atoms with Gasteiger partial charge in [0.1, 0.15) is 0 Å². The predicted molar refractivity (Wildman–Crippen MR) is 63.9 cm³/mol. The van der Waals surface area contributed by atoms with Crippen LogP contribution in [0.2, 0.25) is 0 Å². The summed E-state index contributed by atoms with van der Waals surface area (Å²) < 4.78 is 0. The minimum Gasteiger partial charge on any atom is -0.326 e. The van der Waals surface area contributed by atoms with Gasteiger partial charge in [0.05, 0.1) is 11.2 Å². The van der Waals surface area contributed by atoms with Crippen LogP contribution in [0.25, 0.3) is 0 Å². The first-order chi connectivity index (χ1) is 7.16. The molecule has 2 unspecified atom stereocenters. The van der Waals surface area contributed by atoms with Crippen LogP contribution in [-0.4, -0.2) is 29.0 Å². The first kappa shape index (κ1) is 11.0. The van der Waals surface area contributed by atoms with Gasteiger partial charge in [0.25, 0.3) is 0 Å². The zero-order chi connectivity index (χ0) is 10.8. The maximum Gasteiger partial charge on any atom is 0.0798 e. The number of hydrogen-bond acceptors (Lipinski definition) is 4. The van der Waals surface area contributed by atoms with Gasteiger partial charge in [-0.1, -0.05) is 6.92 Å². The summed E-state index contributed by atoms with van der Waals surface area (Å²) in [6.45, 7) is 7.56. The van der Waals surface area contributed by atoms with Crippen molar-refractivity contribution in [1.29, 1.82) is 0 Å². The molecule has 0 aliphatic carbocycles. The summed E-state index contributed by atoms with van der Waals surface area (Å²) in [4.78, 5) is 8.11. The summed E-state index contributed by atoms with van der Waals surface area (Å²) in [7, 11) is 0. The van der Waals surface area contributed by atoms with Crippen LogP contribution in [-0.2, 0) is 6.54 Å². The Kier molecular flexibility index (Phi) is 3.38. The second-order valence-corrected chi connectivity index (χ2v) is 5.47. The van der Waals surface area contributed by atoms with Crippen molar-refractivity contribution >= 4 is 11.3 Å². The van der Waals surface area contributed by atoms with Crippen molar-refractivity contribution < 1.29 is 0 Å². The molecule has 1 aliphatic rings. The third kappa shape index (κ3) is 2.56. The van der Waals surface area contributed by atoms with E-state index in [9.17, 15) is 0 Å². The number of thiazole rings is 1. The molecule has 3 nitrogen and oxygen atoms in total. The van der Waals surface area contributed by atoms with Gasteiger partial charge in [-0.15, -0.1) is 11.3 Å². The summed E-state index contributed by atoms with van der Waals surface area (Å²) in [5.41, 5.74) is 9.18. The third-order valence-electron chi connectivity index (χ3n) is 3.31. The van der Waals surface area contributed by atoms with Gasteiger partial charge in [-0.25, -0.2) is 4.98 Å². The van der Waals surface area contributed by atoms with E-state index >= 15 is 0 Å². The maximum atomic E-state index is 6.08. The van der Waals surface area contributed by atoms with Crippen LogP contribution in [0.15, 0.2) is 5.51 Å². The largest absolute Gasteiger partial charge is 0.326 e. The molecular formula is C11H19N3S. The Morgan fingerprint density at radius 3 is 3.07 bits per heavy atom. The molecule has 2 atom stereocenters. The Morgan fingerprint density at radius 1 is 1.67 bits per heavy atom. The highest BCUT2D eigenvalue weighted by molar-refractivity contribution is 7.09. The van der Waals surface area contributed by atoms with Crippen molar-refractivity contribution in [2.75, 3.05) is 13.1 Å². The van der Waals surface area contributed by atoms with E-state index in [1.807, 2.05) is 5.51 Å². The van der Waals surface area contributed by atoms with E-state index in [0.29, 0.717) is 12.0 Å². The van der Waals surface area contributed by atoms with Crippen molar-refractivity contribution in [2.24, 2.45) is 11.7 Å². The van der Waals surface area contributed by atoms with Crippen LogP contribution >= 0.6 is 11.3 Å². The smallest absolute Gasteiger partial charge is 0.0798 e. The lowest BCUT2D eigenvalue weighted by molar-refractivity contribution is 0.163. The van der Waals surface area contributed by atoms with Gasteiger partial charge in [0.2, 0.25) is 0 Å². The molecule has 1 saturated heterocycles. The minimum absolute atomic E-state index is 0.340. The Labute approximate surface area is 95.3 Å². The number of nitrogens with two attached hydrogens (primary N) is 1. The number of nitrogens with zero attached hydrogens (tertiary/aromatic N) is 2. The molecule has 4 heteroatoms. The highest BCUT2D eigenvalue weighted by Gasteiger charge is 2.23. The number of rotatable bonds is 2. The molecule has 2 N–H and O–H groups in total. The average molecular weight is 225 g/mol. The van der Waals surface area contributed by atoms with Gasteiger partial charge >= 0.3 is 0 Å². The SMILES string of the molecule is Cc1ncsc1CN1CCC(C)C(N)C1. The molecule has 1 aromatic rings. The van der Waals surface area contributed by atoms with Crippen LogP contribution in [0.1, 0.15) is 23.9 Å². The Balaban J connectivity index is 1.94. The normalized spacial score (nSPS) is 28.2. The molecule has 1 fully saturated rings. The van der Waals surface area contributed by atoms with Crippen LogP contribution < -0.4 is 5.73 Å². The Bertz CT molecular complexity index is 323. The van der Waals surface area contributed by atoms with E-state index in [-0.39, 0.29) is 0 Å². The molecule has 0 spiro atoms. The fourth-order valence-electron chi connectivity index (χ4n) is 1.99. The summed E-state index contributed by atoms with van der Waals surface area (Å²) in [6, 6.07) is 0.340. The molecule has 0 saturated carbocycles. The van der Waals surface area contributed by atoms with Gasteiger partial charge in [-0.2, -0.15) is 0 Å². The lowest BCUT2D eigenvalue weighted by atomic mass is 9.94. The third-order valence-corrected chi connectivity index (χ3v) is 4.23. The van der Waals surface area contributed by atoms with E-state index in [4.69, 9.17) is 5.73 Å². The van der Waals surface area contributed by atoms with Crippen LogP contribution in [0, 0.1) is 12.8 Å². The lowest BCUT2D eigenvalue weighted by Crippen LogP contribution is -2.47. The van der Waals surface area contributed by atoms with E-state index in [2.05, 4.69) is 23.7 Å². The maximum absolute atomic E-state index is 6.08. The molecule has 2 rings (SSSR count). The first-order valence-electron chi connectivity index (χ1n) is 5.53. The highest BCUT2D eigenvalue weighted by Crippen LogP contribution is 2.20. The topological polar surface area (TPSA) is 42.2 Å². The molecule has 0 radical (unpaired) electrons. The minimum atomic E-state index is 0.340. The predicted octanol–water partition coefficient (Wildman–Crippen LogP) is 1.62. The van der Waals surface area contributed by atoms with Crippen molar-refractivity contribution in [3.8, 4) is 0 Å². The molecule has 0 aromatic carbocycles. The second kappa shape index (κ2) is 4.60. The van der Waals surface area contributed by atoms with Gasteiger partial charge < -0.3 is 5.73 Å². The average Bonchev–Trinajstić information content (AvgIpc) is 2.59. The number of aryl methyl sites for hydroxylation is 1. The van der Waals surface area contributed by atoms with Crippen LogP contribution in [0.3, 0.4) is 0 Å². The molecule has 0 bridgehead atoms. The van der Waals surface area contributed by atoms with Gasteiger partial charge in [-0.05, 0) is 25.8 Å². The highest BCUT2D eigenvalue weighted by atomic mass is 32.1. The van der Waals surface area contributed by atoms with Gasteiger partial charge in [0.15, 0.2) is 0 Å². The standard InChI is InChI=1S/C11H19N3S/c1-8-3-4-14(5-10(8)12)6-11-9(2)13-7-15-11/h7-8,10H,3-6,12H2,1-2H3. The van der Waals surface area contributed by atoms with Crippen molar-refractivity contribution in [1.82, 2.24) is 9.88 Å². The van der Waals surface area contributed by atoms with Crippen molar-refractivity contribution in [3.63, 3.8) is 0 Å². The molecule has 2 heterocycles. The van der Waals surface area contributed by atoms with Crippen LogP contribution in [0.5, 0.6) is 0 Å². The van der Waals surface area contributed by atoms with Gasteiger partial charge in [0, 0.05) is 24.0 Å². The zero-order valence-corrected chi connectivity index (χ0v) is 10.3. The molecule has 0 amide bonds. The quantitative estimate of drug-likeness (QED) is 0.831. The van der Waals surface area contributed by atoms with Crippen molar-refractivity contribution in [2.45, 2.75) is 32.9 Å². The summed E-state index contributed by atoms with van der Waals surface area (Å²) in [5, 5.41) is 0. The van der Waals surface area contributed by atoms with E-state index < -0.39 is 0 Å². The molecule has 1 aromatic heterocycles. The Hall–Kier alpha value is -0.450. The van der Waals surface area contributed by atoms with Crippen molar-refractivity contribution in [3.05, 3.63) is 16.1 Å². The fraction of sp³-hybridized carbons (Fsp3) is 0.727. The zero-order valence-electron chi connectivity index (χ0n) is 9.44. The van der Waals surface area contributed by atoms with Crippen LogP contribution in [0.4, 0.5) is 0 Å². The lowest BCUT2D eigenvalue weighted by Gasteiger charge is -2.34. The number of hydrogen-bond donors (Lipinski definition) is 1. The number of piperidine rings is 1. The van der Waals surface area contributed by atoms with Gasteiger partial charge in [-0.3, -0.25) is 4.90 Å². The fourth-order valence-corrected chi connectivity index (χ4v) is 2.81. The molecular weight excluding hydrogens is 206 g/mol. The monoisotopic (exact) mass is 225 g/mol. The Morgan fingerprint density at radius 2 is 2.47 bits per heavy atom.